The molecule has 0 aliphatic heterocycles. The van der Waals surface area contributed by atoms with Crippen LogP contribution in [0.25, 0.3) is 11.5 Å². The lowest BCUT2D eigenvalue weighted by atomic mass is 10.2. The third-order valence-electron chi connectivity index (χ3n) is 3.10. The largest absolute Gasteiger partial charge is 0.479 e. The zero-order valence-corrected chi connectivity index (χ0v) is 12.6. The summed E-state index contributed by atoms with van der Waals surface area (Å²) < 4.78 is 0. The second-order valence-electron chi connectivity index (χ2n) is 4.97. The van der Waals surface area contributed by atoms with Crippen LogP contribution in [-0.4, -0.2) is 25.0 Å². The highest BCUT2D eigenvalue weighted by molar-refractivity contribution is 5.51. The molecule has 3 N–H and O–H groups in total. The molecule has 0 radical (unpaired) electrons. The summed E-state index contributed by atoms with van der Waals surface area (Å²) in [6, 6.07) is 13.2. The van der Waals surface area contributed by atoms with E-state index < -0.39 is 0 Å². The molecule has 2 heterocycles. The first-order chi connectivity index (χ1) is 11.2. The maximum absolute atomic E-state index is 9.67. The van der Waals surface area contributed by atoms with E-state index in [4.69, 9.17) is 0 Å². The van der Waals surface area contributed by atoms with E-state index in [2.05, 4.69) is 30.8 Å². The van der Waals surface area contributed by atoms with E-state index >= 15 is 0 Å². The molecule has 7 heteroatoms. The summed E-state index contributed by atoms with van der Waals surface area (Å²) in [6.07, 6.45) is 1.72. The highest BCUT2D eigenvalue weighted by atomic mass is 16.3. The van der Waals surface area contributed by atoms with Gasteiger partial charge < -0.3 is 5.11 Å². The number of anilines is 1. The van der Waals surface area contributed by atoms with Crippen molar-refractivity contribution in [3.63, 3.8) is 0 Å². The monoisotopic (exact) mass is 308 g/mol. The molecule has 0 fully saturated rings. The minimum atomic E-state index is -0.360. The predicted octanol–water partition coefficient (Wildman–Crippen LogP) is 2.06. The molecule has 1 aromatic carbocycles. The van der Waals surface area contributed by atoms with E-state index in [1.807, 2.05) is 43.3 Å². The molecule has 0 bridgehead atoms. The number of hydrogen-bond donors (Lipinski definition) is 3. The molecule has 3 aromatic rings. The lowest BCUT2D eigenvalue weighted by molar-refractivity contribution is 0.429. The van der Waals surface area contributed by atoms with Crippen molar-refractivity contribution in [1.29, 1.82) is 0 Å². The van der Waals surface area contributed by atoms with Crippen molar-refractivity contribution >= 4 is 5.95 Å². The summed E-state index contributed by atoms with van der Waals surface area (Å²) in [5.41, 5.74) is 8.57. The Labute approximate surface area is 133 Å². The summed E-state index contributed by atoms with van der Waals surface area (Å²) >= 11 is 0. The van der Waals surface area contributed by atoms with Gasteiger partial charge in [-0.25, -0.2) is 5.43 Å². The standard InChI is InChI=1S/C16H16N6O/c1-11-7-8-13(17-9-11)14-19-15(21-16(23)20-14)22-18-10-12-5-3-2-4-6-12/h2-9,18H,10H2,1H3,(H2,19,20,21,22,23). The Kier molecular flexibility index (Phi) is 4.39. The van der Waals surface area contributed by atoms with Crippen molar-refractivity contribution in [1.82, 2.24) is 25.4 Å². The number of pyridine rings is 1. The smallest absolute Gasteiger partial charge is 0.319 e. The summed E-state index contributed by atoms with van der Waals surface area (Å²) in [7, 11) is 0. The first-order valence-corrected chi connectivity index (χ1v) is 7.11. The zero-order valence-electron chi connectivity index (χ0n) is 12.6. The van der Waals surface area contributed by atoms with Crippen LogP contribution in [0.3, 0.4) is 0 Å². The van der Waals surface area contributed by atoms with Gasteiger partial charge in [0, 0.05) is 12.7 Å². The van der Waals surface area contributed by atoms with Crippen LogP contribution in [0.2, 0.25) is 0 Å². The van der Waals surface area contributed by atoms with Gasteiger partial charge in [-0.05, 0) is 24.1 Å². The molecule has 116 valence electrons. The predicted molar refractivity (Wildman–Crippen MR) is 86.4 cm³/mol. The minimum absolute atomic E-state index is 0.228. The molecule has 0 unspecified atom stereocenters. The van der Waals surface area contributed by atoms with E-state index in [0.29, 0.717) is 18.1 Å². The van der Waals surface area contributed by atoms with Crippen LogP contribution in [0.4, 0.5) is 5.95 Å². The molecule has 0 saturated heterocycles. The number of aromatic hydroxyl groups is 1. The molecular weight excluding hydrogens is 292 g/mol. The van der Waals surface area contributed by atoms with E-state index in [0.717, 1.165) is 11.1 Å². The normalized spacial score (nSPS) is 10.5. The van der Waals surface area contributed by atoms with Gasteiger partial charge in [0.1, 0.15) is 5.69 Å². The third-order valence-corrected chi connectivity index (χ3v) is 3.10. The van der Waals surface area contributed by atoms with Gasteiger partial charge in [-0.1, -0.05) is 36.4 Å². The average molecular weight is 308 g/mol. The van der Waals surface area contributed by atoms with Gasteiger partial charge in [0.2, 0.25) is 5.95 Å². The molecule has 0 saturated carbocycles. The lowest BCUT2D eigenvalue weighted by Crippen LogP contribution is -2.22. The number of nitrogens with one attached hydrogen (secondary N) is 2. The Bertz CT molecular complexity index is 776. The Hall–Kier alpha value is -3.06. The van der Waals surface area contributed by atoms with Crippen molar-refractivity contribution in [3.8, 4) is 17.5 Å². The van der Waals surface area contributed by atoms with Gasteiger partial charge in [-0.15, -0.1) is 0 Å². The molecule has 7 nitrogen and oxygen atoms in total. The number of hydrogen-bond acceptors (Lipinski definition) is 7. The summed E-state index contributed by atoms with van der Waals surface area (Å²) in [5, 5.41) is 9.67. The first-order valence-electron chi connectivity index (χ1n) is 7.11. The fourth-order valence-electron chi connectivity index (χ4n) is 1.96. The van der Waals surface area contributed by atoms with Crippen LogP contribution in [0.15, 0.2) is 48.7 Å². The molecule has 3 rings (SSSR count). The third kappa shape index (κ3) is 3.98. The first kappa shape index (κ1) is 14.9. The van der Waals surface area contributed by atoms with E-state index in [-0.39, 0.29) is 12.0 Å². The molecule has 0 aliphatic rings. The molecule has 0 aliphatic carbocycles. The number of rotatable bonds is 5. The highest BCUT2D eigenvalue weighted by Crippen LogP contribution is 2.16. The SMILES string of the molecule is Cc1ccc(-c2nc(O)nc(NNCc3ccccc3)n2)nc1. The zero-order chi connectivity index (χ0) is 16.1. The van der Waals surface area contributed by atoms with Crippen LogP contribution in [0, 0.1) is 6.92 Å². The van der Waals surface area contributed by atoms with E-state index in [1.165, 1.54) is 0 Å². The molecule has 0 spiro atoms. The quantitative estimate of drug-likeness (QED) is 0.621. The van der Waals surface area contributed by atoms with Gasteiger partial charge >= 0.3 is 6.01 Å². The minimum Gasteiger partial charge on any atom is -0.479 e. The van der Waals surface area contributed by atoms with Crippen LogP contribution < -0.4 is 10.9 Å². The number of hydrazine groups is 1. The second kappa shape index (κ2) is 6.80. The number of nitrogens with zero attached hydrogens (tertiary/aromatic N) is 4. The molecule has 2 aromatic heterocycles. The summed E-state index contributed by atoms with van der Waals surface area (Å²) in [5.74, 6) is 0.535. The topological polar surface area (TPSA) is 95.9 Å². The van der Waals surface area contributed by atoms with E-state index in [1.54, 1.807) is 12.3 Å². The van der Waals surface area contributed by atoms with Gasteiger partial charge in [-0.3, -0.25) is 10.4 Å². The Morgan fingerprint density at radius 2 is 1.83 bits per heavy atom. The van der Waals surface area contributed by atoms with Gasteiger partial charge in [0.15, 0.2) is 5.82 Å². The van der Waals surface area contributed by atoms with Crippen LogP contribution >= 0.6 is 0 Å². The molecular formula is C16H16N6O. The molecule has 23 heavy (non-hydrogen) atoms. The Morgan fingerprint density at radius 3 is 2.57 bits per heavy atom. The van der Waals surface area contributed by atoms with Crippen molar-refractivity contribution in [2.75, 3.05) is 5.43 Å². The summed E-state index contributed by atoms with van der Waals surface area (Å²) in [4.78, 5) is 16.2. The molecule has 0 amide bonds. The van der Waals surface area contributed by atoms with Crippen LogP contribution in [0.1, 0.15) is 11.1 Å². The second-order valence-corrected chi connectivity index (χ2v) is 4.97. The Morgan fingerprint density at radius 1 is 1.00 bits per heavy atom. The fourth-order valence-corrected chi connectivity index (χ4v) is 1.96. The van der Waals surface area contributed by atoms with Gasteiger partial charge in [-0.2, -0.15) is 15.0 Å². The number of aromatic nitrogens is 4. The van der Waals surface area contributed by atoms with Gasteiger partial charge in [0.25, 0.3) is 0 Å². The number of benzene rings is 1. The number of aryl methyl sites for hydroxylation is 1. The van der Waals surface area contributed by atoms with Crippen molar-refractivity contribution in [3.05, 3.63) is 59.8 Å². The van der Waals surface area contributed by atoms with E-state index in [9.17, 15) is 5.11 Å². The maximum Gasteiger partial charge on any atom is 0.319 e. The van der Waals surface area contributed by atoms with Crippen molar-refractivity contribution in [2.24, 2.45) is 0 Å². The van der Waals surface area contributed by atoms with Crippen LogP contribution in [-0.2, 0) is 6.54 Å². The average Bonchev–Trinajstić information content (AvgIpc) is 2.56. The van der Waals surface area contributed by atoms with Crippen LogP contribution in [0.5, 0.6) is 6.01 Å². The molecule has 0 atom stereocenters. The Balaban J connectivity index is 1.71. The van der Waals surface area contributed by atoms with Gasteiger partial charge in [0.05, 0.1) is 0 Å². The van der Waals surface area contributed by atoms with Crippen molar-refractivity contribution < 1.29 is 5.11 Å². The maximum atomic E-state index is 9.67. The fraction of sp³-hybridized carbons (Fsp3) is 0.125. The lowest BCUT2D eigenvalue weighted by Gasteiger charge is -2.08. The highest BCUT2D eigenvalue weighted by Gasteiger charge is 2.08. The van der Waals surface area contributed by atoms with Crippen molar-refractivity contribution in [2.45, 2.75) is 13.5 Å². The summed E-state index contributed by atoms with van der Waals surface area (Å²) in [6.45, 7) is 2.54.